The van der Waals surface area contributed by atoms with Crippen LogP contribution in [0.15, 0.2) is 0 Å². The molecule has 3 heteroatoms. The SMILES string of the molecule is CC.O=C1CC2(CCN1)CCO2. The summed E-state index contributed by atoms with van der Waals surface area (Å²) >= 11 is 0. The van der Waals surface area contributed by atoms with Gasteiger partial charge in [0.05, 0.1) is 18.6 Å². The zero-order valence-electron chi connectivity index (χ0n) is 7.85. The Balaban J connectivity index is 0.000000336. The van der Waals surface area contributed by atoms with Crippen LogP contribution in [0.1, 0.15) is 33.1 Å². The van der Waals surface area contributed by atoms with E-state index < -0.39 is 0 Å². The van der Waals surface area contributed by atoms with E-state index in [2.05, 4.69) is 5.32 Å². The minimum absolute atomic E-state index is 0.0394. The average Bonchev–Trinajstić information content (AvgIpc) is 2.06. The molecule has 0 radical (unpaired) electrons. The van der Waals surface area contributed by atoms with Crippen LogP contribution in [0, 0.1) is 0 Å². The van der Waals surface area contributed by atoms with E-state index in [4.69, 9.17) is 4.74 Å². The maximum atomic E-state index is 10.9. The van der Waals surface area contributed by atoms with Gasteiger partial charge in [-0.15, -0.1) is 0 Å². The Bertz CT molecular complexity index is 164. The summed E-state index contributed by atoms with van der Waals surface area (Å²) in [6.45, 7) is 5.63. The molecule has 2 aliphatic rings. The summed E-state index contributed by atoms with van der Waals surface area (Å²) in [4.78, 5) is 10.9. The highest BCUT2D eigenvalue weighted by molar-refractivity contribution is 5.78. The Morgan fingerprint density at radius 3 is 2.42 bits per heavy atom. The van der Waals surface area contributed by atoms with Crippen molar-refractivity contribution < 1.29 is 9.53 Å². The third-order valence-electron chi connectivity index (χ3n) is 2.35. The Hall–Kier alpha value is -0.570. The standard InChI is InChI=1S/C7H11NO2.C2H6/c9-6-5-7(1-3-8-6)2-4-10-7;1-2/h1-5H2,(H,8,9);1-2H3. The van der Waals surface area contributed by atoms with Crippen LogP contribution in [0.4, 0.5) is 0 Å². The number of hydrogen-bond donors (Lipinski definition) is 1. The molecule has 1 unspecified atom stereocenters. The maximum absolute atomic E-state index is 10.9. The van der Waals surface area contributed by atoms with Gasteiger partial charge in [0.25, 0.3) is 0 Å². The van der Waals surface area contributed by atoms with Crippen molar-refractivity contribution >= 4 is 5.91 Å². The summed E-state index contributed by atoms with van der Waals surface area (Å²) in [5.74, 6) is 0.144. The van der Waals surface area contributed by atoms with Crippen LogP contribution in [-0.2, 0) is 9.53 Å². The van der Waals surface area contributed by atoms with Gasteiger partial charge >= 0.3 is 0 Å². The molecule has 1 spiro atoms. The molecule has 0 saturated carbocycles. The van der Waals surface area contributed by atoms with Crippen LogP contribution in [0.25, 0.3) is 0 Å². The van der Waals surface area contributed by atoms with Crippen LogP contribution in [-0.4, -0.2) is 24.7 Å². The zero-order valence-corrected chi connectivity index (χ0v) is 7.85. The van der Waals surface area contributed by atoms with Gasteiger partial charge in [-0.05, 0) is 6.42 Å². The van der Waals surface area contributed by atoms with Gasteiger partial charge in [0.1, 0.15) is 0 Å². The molecule has 12 heavy (non-hydrogen) atoms. The quantitative estimate of drug-likeness (QED) is 0.592. The Kier molecular flexibility index (Phi) is 3.09. The first-order valence-corrected chi connectivity index (χ1v) is 4.71. The van der Waals surface area contributed by atoms with Gasteiger partial charge in [-0.1, -0.05) is 13.8 Å². The van der Waals surface area contributed by atoms with E-state index in [0.29, 0.717) is 6.42 Å². The highest BCUT2D eigenvalue weighted by Crippen LogP contribution is 2.34. The first kappa shape index (κ1) is 9.52. The lowest BCUT2D eigenvalue weighted by Crippen LogP contribution is -2.53. The van der Waals surface area contributed by atoms with Gasteiger partial charge in [-0.25, -0.2) is 0 Å². The molecular weight excluding hydrogens is 154 g/mol. The highest BCUT2D eigenvalue weighted by atomic mass is 16.5. The first-order valence-electron chi connectivity index (χ1n) is 4.71. The number of carbonyl (C=O) groups is 1. The molecule has 70 valence electrons. The van der Waals surface area contributed by atoms with Crippen LogP contribution in [0.3, 0.4) is 0 Å². The van der Waals surface area contributed by atoms with Gasteiger partial charge < -0.3 is 10.1 Å². The summed E-state index contributed by atoms with van der Waals surface area (Å²) in [5, 5.41) is 2.79. The van der Waals surface area contributed by atoms with Crippen LogP contribution < -0.4 is 5.32 Å². The average molecular weight is 171 g/mol. The van der Waals surface area contributed by atoms with Crippen molar-refractivity contribution in [2.45, 2.75) is 38.7 Å². The van der Waals surface area contributed by atoms with Crippen molar-refractivity contribution in [3.05, 3.63) is 0 Å². The third-order valence-corrected chi connectivity index (χ3v) is 2.35. The topological polar surface area (TPSA) is 38.3 Å². The fraction of sp³-hybridized carbons (Fsp3) is 0.889. The van der Waals surface area contributed by atoms with Crippen LogP contribution in [0.2, 0.25) is 0 Å². The van der Waals surface area contributed by atoms with Crippen molar-refractivity contribution in [2.24, 2.45) is 0 Å². The molecule has 1 atom stereocenters. The van der Waals surface area contributed by atoms with Crippen LogP contribution >= 0.6 is 0 Å². The minimum Gasteiger partial charge on any atom is -0.374 e. The second-order valence-electron chi connectivity index (χ2n) is 3.06. The normalized spacial score (nSPS) is 33.0. The molecular formula is C9H17NO2. The molecule has 2 heterocycles. The molecule has 0 aromatic carbocycles. The summed E-state index contributed by atoms with van der Waals surface area (Å²) < 4.78 is 5.37. The highest BCUT2D eigenvalue weighted by Gasteiger charge is 2.42. The lowest BCUT2D eigenvalue weighted by Gasteiger charge is -2.44. The van der Waals surface area contributed by atoms with E-state index in [9.17, 15) is 4.79 Å². The van der Waals surface area contributed by atoms with Crippen molar-refractivity contribution in [2.75, 3.05) is 13.2 Å². The summed E-state index contributed by atoms with van der Waals surface area (Å²) in [5.41, 5.74) is -0.0394. The minimum atomic E-state index is -0.0394. The molecule has 1 amide bonds. The number of piperidine rings is 1. The smallest absolute Gasteiger partial charge is 0.222 e. The molecule has 2 rings (SSSR count). The number of ether oxygens (including phenoxy) is 1. The van der Waals surface area contributed by atoms with Gasteiger partial charge in [0.2, 0.25) is 5.91 Å². The lowest BCUT2D eigenvalue weighted by molar-refractivity contribution is -0.171. The largest absolute Gasteiger partial charge is 0.374 e. The molecule has 1 N–H and O–H groups in total. The maximum Gasteiger partial charge on any atom is 0.222 e. The zero-order chi connectivity index (χ0) is 9.03. The third kappa shape index (κ3) is 1.78. The van der Waals surface area contributed by atoms with E-state index in [0.717, 1.165) is 26.0 Å². The molecule has 0 aromatic rings. The number of rotatable bonds is 0. The first-order chi connectivity index (χ1) is 5.81. The molecule has 2 fully saturated rings. The lowest BCUT2D eigenvalue weighted by atomic mass is 9.85. The van der Waals surface area contributed by atoms with Gasteiger partial charge in [0, 0.05) is 13.0 Å². The van der Waals surface area contributed by atoms with Gasteiger partial charge in [-0.2, -0.15) is 0 Å². The molecule has 0 aliphatic carbocycles. The Morgan fingerprint density at radius 1 is 1.42 bits per heavy atom. The van der Waals surface area contributed by atoms with Crippen molar-refractivity contribution in [1.29, 1.82) is 0 Å². The number of hydrogen-bond acceptors (Lipinski definition) is 2. The number of carbonyl (C=O) groups excluding carboxylic acids is 1. The van der Waals surface area contributed by atoms with Gasteiger partial charge in [-0.3, -0.25) is 4.79 Å². The van der Waals surface area contributed by atoms with E-state index in [1.807, 2.05) is 13.8 Å². The van der Waals surface area contributed by atoms with E-state index in [-0.39, 0.29) is 11.5 Å². The Labute approximate surface area is 73.5 Å². The Morgan fingerprint density at radius 2 is 2.08 bits per heavy atom. The van der Waals surface area contributed by atoms with E-state index in [1.165, 1.54) is 0 Å². The molecule has 2 saturated heterocycles. The van der Waals surface area contributed by atoms with E-state index >= 15 is 0 Å². The summed E-state index contributed by atoms with van der Waals surface area (Å²) in [6.07, 6.45) is 2.64. The number of amides is 1. The fourth-order valence-electron chi connectivity index (χ4n) is 1.60. The van der Waals surface area contributed by atoms with Crippen molar-refractivity contribution in [3.63, 3.8) is 0 Å². The van der Waals surface area contributed by atoms with Gasteiger partial charge in [0.15, 0.2) is 0 Å². The molecule has 3 nitrogen and oxygen atoms in total. The predicted molar refractivity (Wildman–Crippen MR) is 46.9 cm³/mol. The van der Waals surface area contributed by atoms with Crippen LogP contribution in [0.5, 0.6) is 0 Å². The monoisotopic (exact) mass is 171 g/mol. The fourth-order valence-corrected chi connectivity index (χ4v) is 1.60. The molecule has 0 aromatic heterocycles. The predicted octanol–water partition coefficient (Wildman–Crippen LogP) is 1.08. The number of nitrogens with one attached hydrogen (secondary N) is 1. The van der Waals surface area contributed by atoms with E-state index in [1.54, 1.807) is 0 Å². The summed E-state index contributed by atoms with van der Waals surface area (Å²) in [6, 6.07) is 0. The molecule has 0 bridgehead atoms. The summed E-state index contributed by atoms with van der Waals surface area (Å²) in [7, 11) is 0. The second-order valence-corrected chi connectivity index (χ2v) is 3.06. The second kappa shape index (κ2) is 3.90. The molecule has 2 aliphatic heterocycles. The van der Waals surface area contributed by atoms with Crippen molar-refractivity contribution in [1.82, 2.24) is 5.32 Å². The van der Waals surface area contributed by atoms with Crippen molar-refractivity contribution in [3.8, 4) is 0 Å².